The van der Waals surface area contributed by atoms with Gasteiger partial charge in [0.25, 0.3) is 0 Å². The second-order valence-electron chi connectivity index (χ2n) is 5.28. The van der Waals surface area contributed by atoms with Crippen LogP contribution in [0.1, 0.15) is 31.2 Å². The Morgan fingerprint density at radius 3 is 2.65 bits per heavy atom. The first-order chi connectivity index (χ1) is 8.22. The van der Waals surface area contributed by atoms with E-state index >= 15 is 0 Å². The summed E-state index contributed by atoms with van der Waals surface area (Å²) in [5.74, 6) is 0. The van der Waals surface area contributed by atoms with Crippen molar-refractivity contribution in [2.75, 3.05) is 0 Å². The number of rotatable bonds is 1. The molecule has 2 aliphatic heterocycles. The number of hydrogen-bond acceptors (Lipinski definition) is 2. The summed E-state index contributed by atoms with van der Waals surface area (Å²) in [5, 5.41) is 12.1. The van der Waals surface area contributed by atoms with E-state index < -0.39 is 0 Å². The molecule has 4 heteroatoms. The SMILES string of the molecule is N#CC1(c2cncc(I)c2)C[C@H]2CC[C@@H](C1)[NH2+]2. The first-order valence-electron chi connectivity index (χ1n) is 6.09. The minimum atomic E-state index is -0.283. The second-order valence-corrected chi connectivity index (χ2v) is 6.53. The normalized spacial score (nSPS) is 35.5. The third-order valence-corrected chi connectivity index (χ3v) is 4.74. The lowest BCUT2D eigenvalue weighted by Gasteiger charge is -2.33. The molecule has 2 saturated heterocycles. The lowest BCUT2D eigenvalue weighted by molar-refractivity contribution is -0.712. The average Bonchev–Trinajstić information content (AvgIpc) is 2.69. The van der Waals surface area contributed by atoms with E-state index in [1.54, 1.807) is 0 Å². The van der Waals surface area contributed by atoms with Gasteiger partial charge in [0, 0.05) is 41.6 Å². The van der Waals surface area contributed by atoms with Gasteiger partial charge in [-0.05, 0) is 34.2 Å². The predicted molar refractivity (Wildman–Crippen MR) is 72.2 cm³/mol. The average molecular weight is 340 g/mol. The standard InChI is InChI=1S/C13H14IN3/c14-10-3-9(6-16-7-10)13(8-15)4-11-1-2-12(5-13)17-11/h3,6-7,11-12,17H,1-2,4-5H2/p+1/t11-,12+,13?. The summed E-state index contributed by atoms with van der Waals surface area (Å²) in [6.45, 7) is 0. The molecule has 88 valence electrons. The minimum absolute atomic E-state index is 0.283. The maximum Gasteiger partial charge on any atom is 0.0949 e. The van der Waals surface area contributed by atoms with E-state index in [9.17, 15) is 5.26 Å². The summed E-state index contributed by atoms with van der Waals surface area (Å²) in [7, 11) is 0. The number of nitrogens with two attached hydrogens (primary N) is 1. The van der Waals surface area contributed by atoms with Crippen molar-refractivity contribution in [3.8, 4) is 6.07 Å². The van der Waals surface area contributed by atoms with Crippen LogP contribution in [-0.2, 0) is 5.41 Å². The van der Waals surface area contributed by atoms with Gasteiger partial charge in [0.15, 0.2) is 0 Å². The van der Waals surface area contributed by atoms with Gasteiger partial charge in [-0.2, -0.15) is 5.26 Å². The zero-order chi connectivity index (χ0) is 11.9. The molecule has 3 nitrogen and oxygen atoms in total. The lowest BCUT2D eigenvalue weighted by Crippen LogP contribution is -2.94. The van der Waals surface area contributed by atoms with Crippen molar-refractivity contribution in [1.29, 1.82) is 5.26 Å². The highest BCUT2D eigenvalue weighted by atomic mass is 127. The molecule has 1 aromatic heterocycles. The van der Waals surface area contributed by atoms with Crippen molar-refractivity contribution in [2.24, 2.45) is 0 Å². The lowest BCUT2D eigenvalue weighted by atomic mass is 9.72. The van der Waals surface area contributed by atoms with Crippen LogP contribution in [-0.4, -0.2) is 17.1 Å². The van der Waals surface area contributed by atoms with Gasteiger partial charge in [-0.1, -0.05) is 0 Å². The van der Waals surface area contributed by atoms with Crippen molar-refractivity contribution >= 4 is 22.6 Å². The molecule has 0 spiro atoms. The Morgan fingerprint density at radius 2 is 2.06 bits per heavy atom. The molecule has 0 radical (unpaired) electrons. The van der Waals surface area contributed by atoms with E-state index in [0.29, 0.717) is 12.1 Å². The molecule has 3 atom stereocenters. The van der Waals surface area contributed by atoms with Gasteiger partial charge < -0.3 is 5.32 Å². The number of pyridine rings is 1. The maximum absolute atomic E-state index is 9.66. The smallest absolute Gasteiger partial charge is 0.0949 e. The first kappa shape index (κ1) is 11.4. The summed E-state index contributed by atoms with van der Waals surface area (Å²) >= 11 is 2.27. The Balaban J connectivity index is 2.00. The zero-order valence-corrected chi connectivity index (χ0v) is 11.7. The largest absolute Gasteiger partial charge is 0.341 e. The summed E-state index contributed by atoms with van der Waals surface area (Å²) in [6, 6.07) is 6.01. The number of aromatic nitrogens is 1. The van der Waals surface area contributed by atoms with Gasteiger partial charge in [0.05, 0.1) is 23.6 Å². The van der Waals surface area contributed by atoms with Gasteiger partial charge in [-0.3, -0.25) is 4.98 Å². The molecule has 2 aliphatic rings. The summed E-state index contributed by atoms with van der Waals surface area (Å²) < 4.78 is 1.12. The fourth-order valence-electron chi connectivity index (χ4n) is 3.39. The number of nitriles is 1. The van der Waals surface area contributed by atoms with Crippen molar-refractivity contribution in [3.63, 3.8) is 0 Å². The molecule has 17 heavy (non-hydrogen) atoms. The molecule has 0 amide bonds. The summed E-state index contributed by atoms with van der Waals surface area (Å²) in [6.07, 6.45) is 8.25. The maximum atomic E-state index is 9.66. The van der Waals surface area contributed by atoms with Crippen molar-refractivity contribution in [3.05, 3.63) is 27.6 Å². The molecule has 0 saturated carbocycles. The van der Waals surface area contributed by atoms with Gasteiger partial charge in [-0.25, -0.2) is 0 Å². The molecule has 3 rings (SSSR count). The molecular formula is C13H15IN3+. The fourth-order valence-corrected chi connectivity index (χ4v) is 3.89. The topological polar surface area (TPSA) is 53.3 Å². The second kappa shape index (κ2) is 4.21. The van der Waals surface area contributed by atoms with E-state index in [1.807, 2.05) is 12.4 Å². The van der Waals surface area contributed by atoms with Gasteiger partial charge in [0.1, 0.15) is 0 Å². The highest BCUT2D eigenvalue weighted by Crippen LogP contribution is 2.39. The van der Waals surface area contributed by atoms with Crippen LogP contribution in [0.5, 0.6) is 0 Å². The third kappa shape index (κ3) is 1.95. The van der Waals surface area contributed by atoms with Crippen LogP contribution in [0.3, 0.4) is 0 Å². The number of hydrogen-bond donors (Lipinski definition) is 1. The van der Waals surface area contributed by atoms with Crippen molar-refractivity contribution in [2.45, 2.75) is 43.2 Å². The first-order valence-corrected chi connectivity index (χ1v) is 7.17. The Bertz CT molecular complexity index is 468. The van der Waals surface area contributed by atoms with E-state index in [0.717, 1.165) is 22.0 Å². The van der Waals surface area contributed by atoms with E-state index in [2.05, 4.69) is 45.0 Å². The monoisotopic (exact) mass is 340 g/mol. The minimum Gasteiger partial charge on any atom is -0.341 e. The Morgan fingerprint density at radius 1 is 1.35 bits per heavy atom. The molecule has 0 aromatic carbocycles. The molecule has 1 unspecified atom stereocenters. The number of halogens is 1. The summed E-state index contributed by atoms with van der Waals surface area (Å²) in [4.78, 5) is 4.25. The van der Waals surface area contributed by atoms with Gasteiger partial charge in [0.2, 0.25) is 0 Å². The third-order valence-electron chi connectivity index (χ3n) is 4.15. The molecule has 2 bridgehead atoms. The van der Waals surface area contributed by atoms with E-state index in [4.69, 9.17) is 0 Å². The number of nitrogens with zero attached hydrogens (tertiary/aromatic N) is 2. The zero-order valence-electron chi connectivity index (χ0n) is 9.56. The van der Waals surface area contributed by atoms with E-state index in [1.165, 1.54) is 12.8 Å². The quantitative estimate of drug-likeness (QED) is 0.785. The fraction of sp³-hybridized carbons (Fsp3) is 0.538. The molecule has 1 aromatic rings. The Hall–Kier alpha value is -0.670. The van der Waals surface area contributed by atoms with Crippen LogP contribution in [0.2, 0.25) is 0 Å². The number of fused-ring (bicyclic) bond motifs is 2. The Labute approximate surface area is 115 Å². The van der Waals surface area contributed by atoms with Crippen LogP contribution < -0.4 is 5.32 Å². The highest BCUT2D eigenvalue weighted by Gasteiger charge is 2.48. The van der Waals surface area contributed by atoms with Crippen LogP contribution in [0.4, 0.5) is 0 Å². The number of quaternary nitrogens is 1. The highest BCUT2D eigenvalue weighted by molar-refractivity contribution is 14.1. The van der Waals surface area contributed by atoms with Crippen LogP contribution in [0, 0.1) is 14.9 Å². The number of piperidine rings is 1. The molecule has 0 aliphatic carbocycles. The molecule has 2 fully saturated rings. The predicted octanol–water partition coefficient (Wildman–Crippen LogP) is 1.34. The van der Waals surface area contributed by atoms with Crippen LogP contribution >= 0.6 is 22.6 Å². The molecule has 3 heterocycles. The summed E-state index contributed by atoms with van der Waals surface area (Å²) in [5.41, 5.74) is 0.839. The Kier molecular flexibility index (Phi) is 2.83. The van der Waals surface area contributed by atoms with Gasteiger partial charge in [-0.15, -0.1) is 0 Å². The van der Waals surface area contributed by atoms with Crippen molar-refractivity contribution < 1.29 is 5.32 Å². The van der Waals surface area contributed by atoms with Crippen LogP contribution in [0.25, 0.3) is 0 Å². The van der Waals surface area contributed by atoms with Gasteiger partial charge >= 0.3 is 0 Å². The molecule has 2 N–H and O–H groups in total. The van der Waals surface area contributed by atoms with Crippen LogP contribution in [0.15, 0.2) is 18.5 Å². The van der Waals surface area contributed by atoms with E-state index in [-0.39, 0.29) is 5.41 Å². The van der Waals surface area contributed by atoms with Crippen molar-refractivity contribution in [1.82, 2.24) is 4.98 Å². The molecular weight excluding hydrogens is 325 g/mol.